The van der Waals surface area contributed by atoms with Crippen LogP contribution in [0.15, 0.2) is 48.5 Å². The van der Waals surface area contributed by atoms with Gasteiger partial charge in [-0.25, -0.2) is 0 Å². The summed E-state index contributed by atoms with van der Waals surface area (Å²) in [6, 6.07) is 14.2. The van der Waals surface area contributed by atoms with Gasteiger partial charge in [-0.05, 0) is 81.1 Å². The molecule has 0 radical (unpaired) electrons. The number of amides is 2. The van der Waals surface area contributed by atoms with E-state index in [2.05, 4.69) is 5.32 Å². The third-order valence-electron chi connectivity index (χ3n) is 4.84. The number of benzene rings is 2. The van der Waals surface area contributed by atoms with E-state index in [4.69, 9.17) is 9.47 Å². The fraction of sp³-hybridized carbons (Fsp3) is 0.391. The number of rotatable bonds is 10. The van der Waals surface area contributed by atoms with Crippen molar-refractivity contribution in [2.24, 2.45) is 5.92 Å². The van der Waals surface area contributed by atoms with Gasteiger partial charge in [-0.2, -0.15) is 0 Å². The summed E-state index contributed by atoms with van der Waals surface area (Å²) in [5.74, 6) is 1.86. The lowest BCUT2D eigenvalue weighted by Gasteiger charge is -2.18. The standard InChI is InChI=1S/C23H28N2O4/c1-3-25(4-2)23(27)18-7-9-19(10-8-18)24-22(26)16-29-21-13-11-20(12-14-21)28-15-17-5-6-17/h7-14,17H,3-6,15-16H2,1-2H3,(H,24,26). The first-order valence-corrected chi connectivity index (χ1v) is 10.1. The fourth-order valence-electron chi connectivity index (χ4n) is 2.87. The van der Waals surface area contributed by atoms with E-state index in [1.54, 1.807) is 41.3 Å². The minimum Gasteiger partial charge on any atom is -0.493 e. The molecule has 0 bridgehead atoms. The highest BCUT2D eigenvalue weighted by atomic mass is 16.5. The smallest absolute Gasteiger partial charge is 0.262 e. The molecule has 1 aliphatic carbocycles. The topological polar surface area (TPSA) is 67.9 Å². The largest absolute Gasteiger partial charge is 0.493 e. The molecule has 2 amide bonds. The van der Waals surface area contributed by atoms with Gasteiger partial charge in [-0.1, -0.05) is 0 Å². The Morgan fingerprint density at radius 2 is 1.52 bits per heavy atom. The van der Waals surface area contributed by atoms with Crippen LogP contribution in [0.4, 0.5) is 5.69 Å². The van der Waals surface area contributed by atoms with Crippen LogP contribution in [-0.4, -0.2) is 43.0 Å². The van der Waals surface area contributed by atoms with Crippen LogP contribution >= 0.6 is 0 Å². The molecule has 6 heteroatoms. The van der Waals surface area contributed by atoms with Gasteiger partial charge in [0.25, 0.3) is 11.8 Å². The number of carbonyl (C=O) groups is 2. The van der Waals surface area contributed by atoms with Crippen LogP contribution in [0.25, 0.3) is 0 Å². The Hall–Kier alpha value is -3.02. The van der Waals surface area contributed by atoms with Gasteiger partial charge in [0.15, 0.2) is 6.61 Å². The number of nitrogens with zero attached hydrogens (tertiary/aromatic N) is 1. The van der Waals surface area contributed by atoms with Gasteiger partial charge in [0.05, 0.1) is 6.61 Å². The first-order valence-electron chi connectivity index (χ1n) is 10.1. The van der Waals surface area contributed by atoms with E-state index in [0.29, 0.717) is 36.0 Å². The van der Waals surface area contributed by atoms with E-state index in [-0.39, 0.29) is 18.4 Å². The molecule has 0 aromatic heterocycles. The predicted molar refractivity (Wildman–Crippen MR) is 112 cm³/mol. The summed E-state index contributed by atoms with van der Waals surface area (Å²) in [6.45, 7) is 5.90. The normalized spacial score (nSPS) is 12.9. The van der Waals surface area contributed by atoms with Crippen molar-refractivity contribution in [3.63, 3.8) is 0 Å². The molecule has 0 spiro atoms. The average molecular weight is 396 g/mol. The maximum Gasteiger partial charge on any atom is 0.262 e. The zero-order valence-electron chi connectivity index (χ0n) is 17.0. The minimum atomic E-state index is -0.262. The number of hydrogen-bond acceptors (Lipinski definition) is 4. The monoisotopic (exact) mass is 396 g/mol. The summed E-state index contributed by atoms with van der Waals surface area (Å²) in [7, 11) is 0. The first-order chi connectivity index (χ1) is 14.1. The molecule has 6 nitrogen and oxygen atoms in total. The molecule has 1 N–H and O–H groups in total. The van der Waals surface area contributed by atoms with Crippen LogP contribution in [0.5, 0.6) is 11.5 Å². The zero-order chi connectivity index (χ0) is 20.6. The first kappa shape index (κ1) is 20.7. The highest BCUT2D eigenvalue weighted by Gasteiger charge is 2.21. The highest BCUT2D eigenvalue weighted by molar-refractivity contribution is 5.96. The molecule has 2 aromatic rings. The van der Waals surface area contributed by atoms with Crippen LogP contribution in [0, 0.1) is 5.92 Å². The second kappa shape index (κ2) is 9.96. The number of nitrogens with one attached hydrogen (secondary N) is 1. The Bertz CT molecular complexity index is 810. The minimum absolute atomic E-state index is 0.0132. The lowest BCUT2D eigenvalue weighted by Crippen LogP contribution is -2.30. The van der Waals surface area contributed by atoms with Gasteiger partial charge in [-0.3, -0.25) is 9.59 Å². The van der Waals surface area contributed by atoms with Crippen molar-refractivity contribution in [1.29, 1.82) is 0 Å². The lowest BCUT2D eigenvalue weighted by molar-refractivity contribution is -0.118. The summed E-state index contributed by atoms with van der Waals surface area (Å²) in [5, 5.41) is 2.77. The maximum atomic E-state index is 12.3. The third-order valence-corrected chi connectivity index (χ3v) is 4.84. The molecule has 1 fully saturated rings. The number of anilines is 1. The molecular formula is C23H28N2O4. The van der Waals surface area contributed by atoms with Crippen molar-refractivity contribution in [2.45, 2.75) is 26.7 Å². The van der Waals surface area contributed by atoms with Crippen LogP contribution in [0.1, 0.15) is 37.0 Å². The molecular weight excluding hydrogens is 368 g/mol. The van der Waals surface area contributed by atoms with E-state index < -0.39 is 0 Å². The second-order valence-electron chi connectivity index (χ2n) is 7.12. The molecule has 0 saturated heterocycles. The lowest BCUT2D eigenvalue weighted by atomic mass is 10.2. The molecule has 0 heterocycles. The van der Waals surface area contributed by atoms with Crippen LogP contribution in [0.3, 0.4) is 0 Å². The van der Waals surface area contributed by atoms with E-state index in [1.165, 1.54) is 12.8 Å². The Morgan fingerprint density at radius 3 is 2.07 bits per heavy atom. The average Bonchev–Trinajstić information content (AvgIpc) is 3.57. The van der Waals surface area contributed by atoms with Gasteiger partial charge in [-0.15, -0.1) is 0 Å². The van der Waals surface area contributed by atoms with Gasteiger partial charge >= 0.3 is 0 Å². The molecule has 3 rings (SSSR count). The molecule has 0 aliphatic heterocycles. The van der Waals surface area contributed by atoms with Crippen molar-refractivity contribution in [3.8, 4) is 11.5 Å². The van der Waals surface area contributed by atoms with E-state index in [9.17, 15) is 9.59 Å². The van der Waals surface area contributed by atoms with Crippen molar-refractivity contribution in [1.82, 2.24) is 4.90 Å². The van der Waals surface area contributed by atoms with Gasteiger partial charge in [0, 0.05) is 24.3 Å². The second-order valence-corrected chi connectivity index (χ2v) is 7.12. The Balaban J connectivity index is 1.44. The van der Waals surface area contributed by atoms with E-state index in [1.807, 2.05) is 26.0 Å². The van der Waals surface area contributed by atoms with Crippen LogP contribution in [0.2, 0.25) is 0 Å². The van der Waals surface area contributed by atoms with Gasteiger partial charge in [0.1, 0.15) is 11.5 Å². The number of carbonyl (C=O) groups excluding carboxylic acids is 2. The summed E-state index contributed by atoms with van der Waals surface area (Å²) in [4.78, 5) is 26.2. The molecule has 1 aliphatic rings. The Morgan fingerprint density at radius 1 is 0.931 bits per heavy atom. The Kier molecular flexibility index (Phi) is 7.11. The SMILES string of the molecule is CCN(CC)C(=O)c1ccc(NC(=O)COc2ccc(OCC3CC3)cc2)cc1. The zero-order valence-corrected chi connectivity index (χ0v) is 17.0. The van der Waals surface area contributed by atoms with Gasteiger partial charge < -0.3 is 19.7 Å². The summed E-state index contributed by atoms with van der Waals surface area (Å²) < 4.78 is 11.2. The van der Waals surface area contributed by atoms with Crippen molar-refractivity contribution in [2.75, 3.05) is 31.6 Å². The third kappa shape index (κ3) is 6.24. The molecule has 0 unspecified atom stereocenters. The molecule has 0 atom stereocenters. The molecule has 154 valence electrons. The highest BCUT2D eigenvalue weighted by Crippen LogP contribution is 2.29. The van der Waals surface area contributed by atoms with E-state index in [0.717, 1.165) is 12.4 Å². The molecule has 1 saturated carbocycles. The maximum absolute atomic E-state index is 12.3. The van der Waals surface area contributed by atoms with Crippen molar-refractivity contribution in [3.05, 3.63) is 54.1 Å². The summed E-state index contributed by atoms with van der Waals surface area (Å²) in [6.07, 6.45) is 2.51. The van der Waals surface area contributed by atoms with Crippen molar-refractivity contribution < 1.29 is 19.1 Å². The number of hydrogen-bond donors (Lipinski definition) is 1. The van der Waals surface area contributed by atoms with Crippen LogP contribution < -0.4 is 14.8 Å². The molecule has 2 aromatic carbocycles. The van der Waals surface area contributed by atoms with Gasteiger partial charge in [0.2, 0.25) is 0 Å². The molecule has 29 heavy (non-hydrogen) atoms. The summed E-state index contributed by atoms with van der Waals surface area (Å²) in [5.41, 5.74) is 1.23. The number of ether oxygens (including phenoxy) is 2. The fourth-order valence-corrected chi connectivity index (χ4v) is 2.87. The quantitative estimate of drug-likeness (QED) is 0.660. The van der Waals surface area contributed by atoms with Crippen LogP contribution in [-0.2, 0) is 4.79 Å². The van der Waals surface area contributed by atoms with E-state index >= 15 is 0 Å². The summed E-state index contributed by atoms with van der Waals surface area (Å²) >= 11 is 0. The Labute approximate surface area is 171 Å². The predicted octanol–water partition coefficient (Wildman–Crippen LogP) is 3.97. The van der Waals surface area contributed by atoms with Crippen molar-refractivity contribution >= 4 is 17.5 Å².